The van der Waals surface area contributed by atoms with Crippen molar-refractivity contribution in [2.45, 2.75) is 44.9 Å². The maximum Gasteiger partial charge on any atom is 0.407 e. The molecular weight excluding hydrogens is 360 g/mol. The fraction of sp³-hybridized carbons (Fsp3) is 0.556. The summed E-state index contributed by atoms with van der Waals surface area (Å²) in [5, 5.41) is 21.8. The van der Waals surface area contributed by atoms with E-state index in [1.807, 2.05) is 12.1 Å². The highest BCUT2D eigenvalue weighted by Gasteiger charge is 2.26. The summed E-state index contributed by atoms with van der Waals surface area (Å²) in [6.45, 7) is 4.99. The lowest BCUT2D eigenvalue weighted by molar-refractivity contribution is -0.144. The lowest BCUT2D eigenvalue weighted by atomic mass is 10.0. The maximum atomic E-state index is 12.1. The summed E-state index contributed by atoms with van der Waals surface area (Å²) in [7, 11) is 1.58. The van der Waals surface area contributed by atoms with Gasteiger partial charge >= 0.3 is 12.1 Å². The van der Waals surface area contributed by atoms with Gasteiger partial charge in [0.25, 0.3) is 0 Å². The van der Waals surface area contributed by atoms with Crippen molar-refractivity contribution >= 4 is 23.7 Å². The Morgan fingerprint density at radius 2 is 1.85 bits per heavy atom. The molecule has 7 nitrogen and oxygen atoms in total. The molecule has 0 radical (unpaired) electrons. The van der Waals surface area contributed by atoms with E-state index in [0.717, 1.165) is 5.56 Å². The van der Waals surface area contributed by atoms with Crippen LogP contribution < -0.4 is 5.32 Å². The molecule has 26 heavy (non-hydrogen) atoms. The molecule has 1 aromatic rings. The molecule has 0 heterocycles. The lowest BCUT2D eigenvalue weighted by Crippen LogP contribution is -2.50. The Morgan fingerprint density at radius 1 is 1.27 bits per heavy atom. The number of nitrogens with zero attached hydrogens (tertiary/aromatic N) is 1. The van der Waals surface area contributed by atoms with Gasteiger partial charge in [0.2, 0.25) is 0 Å². The molecule has 3 N–H and O–H groups in total. The molecule has 0 aliphatic carbocycles. The number of benzene rings is 1. The van der Waals surface area contributed by atoms with Crippen molar-refractivity contribution in [3.05, 3.63) is 34.9 Å². The number of ether oxygens (including phenoxy) is 1. The van der Waals surface area contributed by atoms with Crippen molar-refractivity contribution in [2.24, 2.45) is 0 Å². The van der Waals surface area contributed by atoms with Gasteiger partial charge in [-0.2, -0.15) is 0 Å². The highest BCUT2D eigenvalue weighted by molar-refractivity contribution is 6.30. The number of amides is 1. The van der Waals surface area contributed by atoms with Crippen LogP contribution in [0, 0.1) is 0 Å². The van der Waals surface area contributed by atoms with E-state index >= 15 is 0 Å². The van der Waals surface area contributed by atoms with Gasteiger partial charge in [-0.1, -0.05) is 23.7 Å². The summed E-state index contributed by atoms with van der Waals surface area (Å²) in [4.78, 5) is 24.8. The molecule has 0 aliphatic heterocycles. The summed E-state index contributed by atoms with van der Waals surface area (Å²) in [6.07, 6.45) is -0.126. The number of hydrogen-bond donors (Lipinski definition) is 3. The molecule has 0 saturated heterocycles. The van der Waals surface area contributed by atoms with Crippen molar-refractivity contribution in [2.75, 3.05) is 20.2 Å². The molecule has 0 spiro atoms. The highest BCUT2D eigenvalue weighted by atomic mass is 35.5. The third-order valence-electron chi connectivity index (χ3n) is 3.61. The molecule has 0 saturated carbocycles. The van der Waals surface area contributed by atoms with Crippen molar-refractivity contribution in [1.29, 1.82) is 0 Å². The molecule has 0 aliphatic rings. The fourth-order valence-corrected chi connectivity index (χ4v) is 2.55. The number of hydrogen-bond acceptors (Lipinski definition) is 5. The van der Waals surface area contributed by atoms with Crippen LogP contribution >= 0.6 is 11.6 Å². The Bertz CT molecular complexity index is 601. The smallest absolute Gasteiger partial charge is 0.407 e. The molecule has 2 unspecified atom stereocenters. The first-order chi connectivity index (χ1) is 12.0. The van der Waals surface area contributed by atoms with Gasteiger partial charge in [0.05, 0.1) is 6.61 Å². The molecule has 8 heteroatoms. The van der Waals surface area contributed by atoms with Crippen molar-refractivity contribution in [3.8, 4) is 0 Å². The van der Waals surface area contributed by atoms with Gasteiger partial charge in [-0.15, -0.1) is 0 Å². The number of halogens is 1. The normalized spacial score (nSPS) is 14.0. The number of aliphatic hydroxyl groups excluding tert-OH is 1. The van der Waals surface area contributed by atoms with E-state index in [0.29, 0.717) is 11.4 Å². The molecule has 146 valence electrons. The zero-order chi connectivity index (χ0) is 19.9. The summed E-state index contributed by atoms with van der Waals surface area (Å²) in [5.74, 6) is -1.13. The van der Waals surface area contributed by atoms with E-state index in [4.69, 9.17) is 16.3 Å². The van der Waals surface area contributed by atoms with Crippen LogP contribution in [0.5, 0.6) is 0 Å². The van der Waals surface area contributed by atoms with E-state index in [1.54, 1.807) is 40.0 Å². The molecule has 2 atom stereocenters. The Kier molecular flexibility index (Phi) is 8.33. The van der Waals surface area contributed by atoms with E-state index in [9.17, 15) is 19.8 Å². The first-order valence-corrected chi connectivity index (χ1v) is 8.67. The number of carbonyl (C=O) groups is 2. The predicted molar refractivity (Wildman–Crippen MR) is 99.5 cm³/mol. The van der Waals surface area contributed by atoms with Gasteiger partial charge in [0.15, 0.2) is 0 Å². The van der Waals surface area contributed by atoms with Gasteiger partial charge < -0.3 is 20.3 Å². The summed E-state index contributed by atoms with van der Waals surface area (Å²) in [5.41, 5.74) is 0.287. The second kappa shape index (κ2) is 9.75. The first-order valence-electron chi connectivity index (χ1n) is 8.29. The Balaban J connectivity index is 2.87. The number of likely N-dealkylation sites (N-methyl/N-ethyl adjacent to an activating group) is 1. The molecule has 0 bridgehead atoms. The summed E-state index contributed by atoms with van der Waals surface area (Å²) < 4.78 is 5.29. The summed E-state index contributed by atoms with van der Waals surface area (Å²) >= 11 is 5.89. The largest absolute Gasteiger partial charge is 0.480 e. The molecule has 0 aromatic heterocycles. The average molecular weight is 387 g/mol. The third-order valence-corrected chi connectivity index (χ3v) is 3.87. The van der Waals surface area contributed by atoms with Crippen LogP contribution in [-0.4, -0.2) is 65.1 Å². The number of carboxylic acids is 1. The molecule has 1 rings (SSSR count). The number of aliphatic hydroxyl groups is 1. The van der Waals surface area contributed by atoms with Crippen LogP contribution in [0.15, 0.2) is 24.3 Å². The summed E-state index contributed by atoms with van der Waals surface area (Å²) in [6, 6.07) is 5.71. The zero-order valence-corrected chi connectivity index (χ0v) is 16.3. The van der Waals surface area contributed by atoms with Gasteiger partial charge in [0, 0.05) is 17.6 Å². The Hall–Kier alpha value is -1.83. The standard InChI is InChI=1S/C18H27ClN2O5/c1-18(2,3)26-17(25)20-14(9-12-5-7-13(19)8-6-12)10-21(4)15(11-22)16(23)24/h5-8,14-15,22H,9-11H2,1-4H3,(H,20,25)(H,23,24). The van der Waals surface area contributed by atoms with Crippen LogP contribution in [0.3, 0.4) is 0 Å². The minimum absolute atomic E-state index is 0.222. The lowest BCUT2D eigenvalue weighted by Gasteiger charge is -2.29. The van der Waals surface area contributed by atoms with Crippen LogP contribution in [0.1, 0.15) is 26.3 Å². The third kappa shape index (κ3) is 8.03. The topological polar surface area (TPSA) is 99.1 Å². The minimum atomic E-state index is -1.13. The maximum absolute atomic E-state index is 12.1. The van der Waals surface area contributed by atoms with Crippen LogP contribution in [0.4, 0.5) is 4.79 Å². The molecule has 0 fully saturated rings. The van der Waals surface area contributed by atoms with E-state index in [-0.39, 0.29) is 6.54 Å². The predicted octanol–water partition coefficient (Wildman–Crippen LogP) is 2.15. The van der Waals surface area contributed by atoms with Gasteiger partial charge in [-0.25, -0.2) is 4.79 Å². The SMILES string of the molecule is CN(CC(Cc1ccc(Cl)cc1)NC(=O)OC(C)(C)C)C(CO)C(=O)O. The molecular formula is C18H27ClN2O5. The highest BCUT2D eigenvalue weighted by Crippen LogP contribution is 2.13. The fourth-order valence-electron chi connectivity index (χ4n) is 2.42. The van der Waals surface area contributed by atoms with Gasteiger partial charge in [-0.3, -0.25) is 9.69 Å². The number of aliphatic carboxylic acids is 1. The Morgan fingerprint density at radius 3 is 2.31 bits per heavy atom. The second-order valence-corrected chi connectivity index (χ2v) is 7.59. The monoisotopic (exact) mass is 386 g/mol. The number of alkyl carbamates (subject to hydrolysis) is 1. The van der Waals surface area contributed by atoms with Crippen molar-refractivity contribution < 1.29 is 24.5 Å². The van der Waals surface area contributed by atoms with E-state index < -0.39 is 36.4 Å². The second-order valence-electron chi connectivity index (χ2n) is 7.15. The number of rotatable bonds is 8. The number of carbonyl (C=O) groups excluding carboxylic acids is 1. The quantitative estimate of drug-likeness (QED) is 0.633. The van der Waals surface area contributed by atoms with Crippen LogP contribution in [0.25, 0.3) is 0 Å². The Labute approximate surface area is 158 Å². The average Bonchev–Trinajstić information content (AvgIpc) is 2.47. The van der Waals surface area contributed by atoms with E-state index in [2.05, 4.69) is 5.32 Å². The van der Waals surface area contributed by atoms with Crippen LogP contribution in [0.2, 0.25) is 5.02 Å². The van der Waals surface area contributed by atoms with Gasteiger partial charge in [-0.05, 0) is 51.9 Å². The number of carboxylic acid groups (broad SMARTS) is 1. The molecule has 1 amide bonds. The van der Waals surface area contributed by atoms with Crippen molar-refractivity contribution in [1.82, 2.24) is 10.2 Å². The molecule has 1 aromatic carbocycles. The first kappa shape index (κ1) is 22.2. The number of nitrogens with one attached hydrogen (secondary N) is 1. The minimum Gasteiger partial charge on any atom is -0.480 e. The van der Waals surface area contributed by atoms with E-state index in [1.165, 1.54) is 4.90 Å². The zero-order valence-electron chi connectivity index (χ0n) is 15.5. The van der Waals surface area contributed by atoms with Crippen molar-refractivity contribution in [3.63, 3.8) is 0 Å². The van der Waals surface area contributed by atoms with Crippen LogP contribution in [-0.2, 0) is 16.0 Å². The van der Waals surface area contributed by atoms with Gasteiger partial charge in [0.1, 0.15) is 11.6 Å².